The number of carboxylic acids is 1. The third kappa shape index (κ3) is 7.92. The molecule has 0 spiro atoms. The highest BCUT2D eigenvalue weighted by atomic mass is 16.4. The van der Waals surface area contributed by atoms with E-state index in [-0.39, 0.29) is 11.5 Å². The molecule has 2 N–H and O–H groups in total. The molecule has 228 valence electrons. The molecule has 0 fully saturated rings. The van der Waals surface area contributed by atoms with Gasteiger partial charge in [0.15, 0.2) is 0 Å². The fourth-order valence-electron chi connectivity index (χ4n) is 3.70. The van der Waals surface area contributed by atoms with Gasteiger partial charge in [-0.2, -0.15) is 14.4 Å². The Morgan fingerprint density at radius 2 is 1.22 bits per heavy atom. The highest BCUT2D eigenvalue weighted by Gasteiger charge is 2.15. The van der Waals surface area contributed by atoms with Gasteiger partial charge in [0.2, 0.25) is 11.9 Å². The van der Waals surface area contributed by atoms with Gasteiger partial charge in [-0.3, -0.25) is 20.2 Å². The first-order chi connectivity index (χ1) is 21.7. The zero-order valence-corrected chi connectivity index (χ0v) is 24.9. The average molecular weight is 607 g/mol. The van der Waals surface area contributed by atoms with Crippen LogP contribution >= 0.6 is 0 Å². The Hall–Kier alpha value is -6.38. The van der Waals surface area contributed by atoms with Crippen LogP contribution in [0.15, 0.2) is 103 Å². The van der Waals surface area contributed by atoms with E-state index in [9.17, 15) is 9.59 Å². The Labute approximate surface area is 257 Å². The Bertz CT molecular complexity index is 1930. The van der Waals surface area contributed by atoms with E-state index in [1.54, 1.807) is 67.1 Å². The van der Waals surface area contributed by atoms with E-state index in [1.165, 1.54) is 29.3 Å². The van der Waals surface area contributed by atoms with Crippen molar-refractivity contribution < 1.29 is 14.7 Å². The molecule has 4 heterocycles. The molecule has 0 saturated carbocycles. The van der Waals surface area contributed by atoms with Gasteiger partial charge in [0.1, 0.15) is 11.0 Å². The van der Waals surface area contributed by atoms with E-state index in [2.05, 4.69) is 35.6 Å². The lowest BCUT2D eigenvalue weighted by molar-refractivity contribution is 0.0696. The Kier molecular flexibility index (Phi) is 10.3. The number of para-hydroxylation sites is 2. The molecular formula is C30H30N12O3. The Balaban J connectivity index is 0.000000171. The first kappa shape index (κ1) is 31.6. The van der Waals surface area contributed by atoms with Crippen LogP contribution in [0.5, 0.6) is 0 Å². The molecule has 0 unspecified atom stereocenters. The van der Waals surface area contributed by atoms with Crippen molar-refractivity contribution in [1.82, 2.24) is 49.8 Å². The quantitative estimate of drug-likeness (QED) is 0.218. The van der Waals surface area contributed by atoms with E-state index < -0.39 is 5.97 Å². The molecule has 2 aromatic carbocycles. The van der Waals surface area contributed by atoms with Gasteiger partial charge >= 0.3 is 5.97 Å². The molecule has 1 amide bonds. The molecule has 4 aromatic heterocycles. The van der Waals surface area contributed by atoms with Gasteiger partial charge in [-0.25, -0.2) is 4.79 Å². The fraction of sp³-hybridized carbons (Fsp3) is 0.133. The van der Waals surface area contributed by atoms with Crippen molar-refractivity contribution in [3.63, 3.8) is 0 Å². The van der Waals surface area contributed by atoms with Gasteiger partial charge in [-0.05, 0) is 48.5 Å². The van der Waals surface area contributed by atoms with Gasteiger partial charge in [-0.15, -0.1) is 10.2 Å². The highest BCUT2D eigenvalue weighted by molar-refractivity contribution is 6.04. The Morgan fingerprint density at radius 3 is 1.69 bits per heavy atom. The number of benzene rings is 2. The number of rotatable bonds is 2. The first-order valence-corrected chi connectivity index (χ1v) is 13.4. The zero-order valence-electron chi connectivity index (χ0n) is 24.9. The maximum Gasteiger partial charge on any atom is 0.337 e. The van der Waals surface area contributed by atoms with E-state index in [0.717, 1.165) is 22.1 Å². The monoisotopic (exact) mass is 606 g/mol. The number of hydrogen-bond donors (Lipinski definition) is 2. The van der Waals surface area contributed by atoms with Crippen molar-refractivity contribution in [1.29, 1.82) is 5.41 Å². The molecule has 6 aromatic rings. The predicted octanol–water partition coefficient (Wildman–Crippen LogP) is 2.99. The first-order valence-electron chi connectivity index (χ1n) is 13.4. The van der Waals surface area contributed by atoms with E-state index in [0.29, 0.717) is 17.5 Å². The van der Waals surface area contributed by atoms with Crippen LogP contribution in [0.2, 0.25) is 0 Å². The number of nitrogens with zero attached hydrogens (tertiary/aromatic N) is 11. The number of amides is 1. The van der Waals surface area contributed by atoms with Crippen molar-refractivity contribution in [2.45, 2.75) is 0 Å². The van der Waals surface area contributed by atoms with E-state index in [1.807, 2.05) is 48.5 Å². The molecule has 0 aliphatic carbocycles. The number of carbonyl (C=O) groups is 2. The lowest BCUT2D eigenvalue weighted by atomic mass is 10.3. The van der Waals surface area contributed by atoms with Gasteiger partial charge in [0, 0.05) is 53.0 Å². The summed E-state index contributed by atoms with van der Waals surface area (Å²) in [6.07, 6.45) is 5.94. The molecule has 45 heavy (non-hydrogen) atoms. The van der Waals surface area contributed by atoms with Gasteiger partial charge in [0.05, 0.1) is 22.2 Å². The van der Waals surface area contributed by atoms with Gasteiger partial charge in [-0.1, -0.05) is 34.7 Å². The molecule has 6 rings (SSSR count). The van der Waals surface area contributed by atoms with Crippen LogP contribution in [-0.2, 0) is 0 Å². The average Bonchev–Trinajstić information content (AvgIpc) is 3.69. The highest BCUT2D eigenvalue weighted by Crippen LogP contribution is 2.11. The third-order valence-corrected chi connectivity index (χ3v) is 5.94. The summed E-state index contributed by atoms with van der Waals surface area (Å²) in [6.45, 7) is 0. The van der Waals surface area contributed by atoms with Crippen LogP contribution < -0.4 is 0 Å². The van der Waals surface area contributed by atoms with Crippen molar-refractivity contribution >= 4 is 45.9 Å². The van der Waals surface area contributed by atoms with E-state index in [4.69, 9.17) is 10.5 Å². The lowest BCUT2D eigenvalue weighted by Gasteiger charge is -2.15. The van der Waals surface area contributed by atoms with Crippen LogP contribution in [0, 0.1) is 5.41 Å². The number of carbonyl (C=O) groups excluding carboxylic acids is 1. The number of pyridine rings is 2. The van der Waals surface area contributed by atoms with Crippen LogP contribution in [0.1, 0.15) is 20.7 Å². The topological polar surface area (TPSA) is 184 Å². The largest absolute Gasteiger partial charge is 0.478 e. The number of hydrogen-bond acceptors (Lipinski definition) is 9. The minimum absolute atomic E-state index is 0.220. The normalized spacial score (nSPS) is 10.7. The van der Waals surface area contributed by atoms with E-state index >= 15 is 0 Å². The van der Waals surface area contributed by atoms with Crippen LogP contribution in [0.3, 0.4) is 0 Å². The standard InChI is InChI=1S/C15H14N6O.C9H11N5.C6H5NO2/c1-20(2)15(17-14(22)11-6-5-9-16-10-11)21-13-8-4-3-7-12(13)18-19-21;1-13(2)9(10)14-8-6-4-3-5-7(8)11-12-14;8-6(9)5-2-1-3-7-4-5/h3-10H,1-2H3;3-6,10H,1-2H3;1-4H,(H,8,9). The summed E-state index contributed by atoms with van der Waals surface area (Å²) >= 11 is 0. The van der Waals surface area contributed by atoms with Gasteiger partial charge in [0.25, 0.3) is 5.91 Å². The minimum Gasteiger partial charge on any atom is -0.478 e. The summed E-state index contributed by atoms with van der Waals surface area (Å²) in [5, 5.41) is 32.2. The van der Waals surface area contributed by atoms with Crippen LogP contribution in [0.4, 0.5) is 0 Å². The van der Waals surface area contributed by atoms with Crippen molar-refractivity contribution in [3.8, 4) is 0 Å². The summed E-state index contributed by atoms with van der Waals surface area (Å²) in [4.78, 5) is 37.6. The number of aromatic carboxylic acids is 1. The predicted molar refractivity (Wildman–Crippen MR) is 168 cm³/mol. The summed E-state index contributed by atoms with van der Waals surface area (Å²) in [5.41, 5.74) is 3.83. The SMILES string of the molecule is CN(C)C(=N)n1nnc2ccccc21.CN(C)C(=NC(=O)c1cccnc1)n1nnc2ccccc21.O=C(O)c1cccnc1. The molecule has 15 nitrogen and oxygen atoms in total. The smallest absolute Gasteiger partial charge is 0.337 e. The maximum atomic E-state index is 12.3. The number of aromatic nitrogens is 8. The molecule has 0 bridgehead atoms. The van der Waals surface area contributed by atoms with Gasteiger partial charge < -0.3 is 14.9 Å². The van der Waals surface area contributed by atoms with Crippen molar-refractivity contribution in [2.75, 3.05) is 28.2 Å². The van der Waals surface area contributed by atoms with Crippen LogP contribution in [-0.4, -0.2) is 107 Å². The molecule has 0 radical (unpaired) electrons. The van der Waals surface area contributed by atoms with Crippen molar-refractivity contribution in [3.05, 3.63) is 109 Å². The lowest BCUT2D eigenvalue weighted by Crippen LogP contribution is -2.31. The second-order valence-corrected chi connectivity index (χ2v) is 9.60. The molecule has 0 atom stereocenters. The number of fused-ring (bicyclic) bond motifs is 2. The maximum absolute atomic E-state index is 12.3. The molecular weight excluding hydrogens is 576 g/mol. The number of carboxylic acid groups (broad SMARTS) is 1. The summed E-state index contributed by atoms with van der Waals surface area (Å²) in [5.74, 6) is -0.624. The zero-order chi connectivity index (χ0) is 32.3. The molecule has 0 saturated heterocycles. The minimum atomic E-state index is -0.942. The number of aliphatic imine (C=N–C) groups is 1. The molecule has 0 aliphatic heterocycles. The third-order valence-electron chi connectivity index (χ3n) is 5.94. The molecule has 0 aliphatic rings. The second kappa shape index (κ2) is 14.7. The van der Waals surface area contributed by atoms with Crippen LogP contribution in [0.25, 0.3) is 22.1 Å². The fourth-order valence-corrected chi connectivity index (χ4v) is 3.70. The Morgan fingerprint density at radius 1 is 0.711 bits per heavy atom. The summed E-state index contributed by atoms with van der Waals surface area (Å²) < 4.78 is 3.05. The molecule has 15 heteroatoms. The summed E-state index contributed by atoms with van der Waals surface area (Å²) in [6, 6.07) is 21.5. The van der Waals surface area contributed by atoms with Crippen molar-refractivity contribution in [2.24, 2.45) is 4.99 Å². The number of nitrogens with one attached hydrogen (secondary N) is 1. The summed E-state index contributed by atoms with van der Waals surface area (Å²) in [7, 11) is 7.20. The second-order valence-electron chi connectivity index (χ2n) is 9.60.